The maximum atomic E-state index is 5.79. The number of ether oxygens (including phenoxy) is 1. The van der Waals surface area contributed by atoms with Crippen molar-refractivity contribution in [2.75, 3.05) is 6.61 Å². The number of hydrogen-bond donors (Lipinski definition) is 0. The summed E-state index contributed by atoms with van der Waals surface area (Å²) in [6.07, 6.45) is 5.40. The second-order valence-corrected chi connectivity index (χ2v) is 5.90. The first kappa shape index (κ1) is 11.5. The molecule has 2 rings (SSSR count). The first-order valence-electron chi connectivity index (χ1n) is 5.33. The second kappa shape index (κ2) is 5.35. The summed E-state index contributed by atoms with van der Waals surface area (Å²) in [6, 6.07) is 6.04. The van der Waals surface area contributed by atoms with E-state index in [2.05, 4.69) is 31.9 Å². The summed E-state index contributed by atoms with van der Waals surface area (Å²) < 4.78 is 7.90. The molecule has 1 nitrogen and oxygen atoms in total. The molecule has 1 fully saturated rings. The molecule has 0 spiro atoms. The van der Waals surface area contributed by atoms with E-state index in [0.717, 1.165) is 27.2 Å². The third kappa shape index (κ3) is 3.49. The van der Waals surface area contributed by atoms with Gasteiger partial charge in [0.25, 0.3) is 0 Å². The smallest absolute Gasteiger partial charge is 0.121 e. The van der Waals surface area contributed by atoms with Crippen molar-refractivity contribution in [1.82, 2.24) is 0 Å². The lowest BCUT2D eigenvalue weighted by atomic mass is 10.1. The minimum Gasteiger partial charge on any atom is -0.493 e. The number of benzene rings is 1. The van der Waals surface area contributed by atoms with Gasteiger partial charge in [-0.1, -0.05) is 44.7 Å². The Hall–Kier alpha value is -0.0200. The minimum absolute atomic E-state index is 0.766. The van der Waals surface area contributed by atoms with Crippen molar-refractivity contribution < 1.29 is 4.74 Å². The van der Waals surface area contributed by atoms with Crippen molar-refractivity contribution in [2.24, 2.45) is 5.92 Å². The van der Waals surface area contributed by atoms with Crippen LogP contribution in [0.1, 0.15) is 25.7 Å². The Morgan fingerprint density at radius 2 is 1.67 bits per heavy atom. The van der Waals surface area contributed by atoms with Crippen LogP contribution in [0.25, 0.3) is 0 Å². The van der Waals surface area contributed by atoms with Crippen LogP contribution in [0.5, 0.6) is 5.75 Å². The quantitative estimate of drug-likeness (QED) is 0.773. The monoisotopic (exact) mass is 332 g/mol. The summed E-state index contributed by atoms with van der Waals surface area (Å²) in [4.78, 5) is 0. The van der Waals surface area contributed by atoms with E-state index in [0.29, 0.717) is 0 Å². The van der Waals surface area contributed by atoms with E-state index in [1.165, 1.54) is 25.7 Å². The minimum atomic E-state index is 0.766. The zero-order valence-corrected chi connectivity index (χ0v) is 11.7. The van der Waals surface area contributed by atoms with Crippen LogP contribution in [-0.4, -0.2) is 6.61 Å². The molecule has 0 aromatic heterocycles. The van der Waals surface area contributed by atoms with Gasteiger partial charge in [-0.05, 0) is 37.0 Å². The van der Waals surface area contributed by atoms with Gasteiger partial charge in [-0.2, -0.15) is 0 Å². The van der Waals surface area contributed by atoms with Crippen molar-refractivity contribution in [3.05, 3.63) is 27.1 Å². The van der Waals surface area contributed by atoms with Gasteiger partial charge >= 0.3 is 0 Å². The average molecular weight is 334 g/mol. The summed E-state index contributed by atoms with van der Waals surface area (Å²) in [6.45, 7) is 0.864. The van der Waals surface area contributed by atoms with E-state index < -0.39 is 0 Å². The molecule has 0 saturated heterocycles. The molecule has 1 saturated carbocycles. The largest absolute Gasteiger partial charge is 0.493 e. The van der Waals surface area contributed by atoms with Crippen molar-refractivity contribution >= 4 is 31.9 Å². The Morgan fingerprint density at radius 1 is 1.07 bits per heavy atom. The molecular formula is C12H14Br2O. The van der Waals surface area contributed by atoms with Crippen molar-refractivity contribution in [2.45, 2.75) is 25.7 Å². The molecule has 0 unspecified atom stereocenters. The van der Waals surface area contributed by atoms with Crippen LogP contribution in [0.15, 0.2) is 27.1 Å². The third-order valence-corrected chi connectivity index (χ3v) is 3.71. The van der Waals surface area contributed by atoms with E-state index in [4.69, 9.17) is 4.74 Å². The van der Waals surface area contributed by atoms with Gasteiger partial charge in [0.05, 0.1) is 6.61 Å². The summed E-state index contributed by atoms with van der Waals surface area (Å²) in [5.74, 6) is 1.71. The SMILES string of the molecule is Brc1cc(Br)cc(OCC2CCCC2)c1. The predicted molar refractivity (Wildman–Crippen MR) is 69.3 cm³/mol. The topological polar surface area (TPSA) is 9.23 Å². The molecule has 0 radical (unpaired) electrons. The van der Waals surface area contributed by atoms with E-state index in [9.17, 15) is 0 Å². The zero-order valence-electron chi connectivity index (χ0n) is 8.51. The summed E-state index contributed by atoms with van der Waals surface area (Å²) >= 11 is 6.91. The average Bonchev–Trinajstić information content (AvgIpc) is 2.65. The van der Waals surface area contributed by atoms with Crippen LogP contribution >= 0.6 is 31.9 Å². The van der Waals surface area contributed by atoms with Crippen LogP contribution in [0.4, 0.5) is 0 Å². The number of hydrogen-bond acceptors (Lipinski definition) is 1. The molecule has 0 amide bonds. The predicted octanol–water partition coefficient (Wildman–Crippen LogP) is 4.78. The zero-order chi connectivity index (χ0) is 10.7. The fraction of sp³-hybridized carbons (Fsp3) is 0.500. The standard InChI is InChI=1S/C12H14Br2O/c13-10-5-11(14)7-12(6-10)15-8-9-3-1-2-4-9/h5-7,9H,1-4,8H2. The maximum absolute atomic E-state index is 5.79. The van der Waals surface area contributed by atoms with Crippen LogP contribution in [-0.2, 0) is 0 Å². The summed E-state index contributed by atoms with van der Waals surface area (Å²) in [5.41, 5.74) is 0. The van der Waals surface area contributed by atoms with E-state index in [1.807, 2.05) is 18.2 Å². The molecule has 1 aromatic rings. The Bertz CT molecular complexity index is 312. The molecule has 0 N–H and O–H groups in total. The first-order chi connectivity index (χ1) is 7.24. The molecule has 0 atom stereocenters. The fourth-order valence-electron chi connectivity index (χ4n) is 2.00. The van der Waals surface area contributed by atoms with Crippen molar-refractivity contribution in [3.8, 4) is 5.75 Å². The van der Waals surface area contributed by atoms with Gasteiger partial charge in [-0.25, -0.2) is 0 Å². The molecular weight excluding hydrogens is 320 g/mol. The van der Waals surface area contributed by atoms with Gasteiger partial charge in [-0.3, -0.25) is 0 Å². The molecule has 1 aliphatic carbocycles. The molecule has 1 aromatic carbocycles. The lowest BCUT2D eigenvalue weighted by Crippen LogP contribution is -2.07. The molecule has 82 valence electrons. The highest BCUT2D eigenvalue weighted by atomic mass is 79.9. The van der Waals surface area contributed by atoms with E-state index in [-0.39, 0.29) is 0 Å². The third-order valence-electron chi connectivity index (χ3n) is 2.80. The highest BCUT2D eigenvalue weighted by Gasteiger charge is 2.15. The van der Waals surface area contributed by atoms with E-state index >= 15 is 0 Å². The van der Waals surface area contributed by atoms with Crippen LogP contribution in [0, 0.1) is 5.92 Å². The van der Waals surface area contributed by atoms with Crippen molar-refractivity contribution in [1.29, 1.82) is 0 Å². The van der Waals surface area contributed by atoms with Gasteiger partial charge in [0.1, 0.15) is 5.75 Å². The van der Waals surface area contributed by atoms with Gasteiger partial charge < -0.3 is 4.74 Å². The highest BCUT2D eigenvalue weighted by molar-refractivity contribution is 9.11. The molecule has 15 heavy (non-hydrogen) atoms. The Morgan fingerprint density at radius 3 is 2.27 bits per heavy atom. The fourth-order valence-corrected chi connectivity index (χ4v) is 3.25. The van der Waals surface area contributed by atoms with Crippen LogP contribution in [0.2, 0.25) is 0 Å². The Kier molecular flexibility index (Phi) is 4.09. The first-order valence-corrected chi connectivity index (χ1v) is 6.91. The lowest BCUT2D eigenvalue weighted by molar-refractivity contribution is 0.252. The normalized spacial score (nSPS) is 16.9. The summed E-state index contributed by atoms with van der Waals surface area (Å²) in [7, 11) is 0. The Balaban J connectivity index is 1.92. The molecule has 0 aliphatic heterocycles. The van der Waals surface area contributed by atoms with Gasteiger partial charge in [0.15, 0.2) is 0 Å². The molecule has 3 heteroatoms. The van der Waals surface area contributed by atoms with Gasteiger partial charge in [0, 0.05) is 8.95 Å². The second-order valence-electron chi connectivity index (χ2n) is 4.07. The van der Waals surface area contributed by atoms with Gasteiger partial charge in [-0.15, -0.1) is 0 Å². The number of rotatable bonds is 3. The molecule has 0 bridgehead atoms. The lowest BCUT2D eigenvalue weighted by Gasteiger charge is -2.11. The maximum Gasteiger partial charge on any atom is 0.121 e. The molecule has 0 heterocycles. The summed E-state index contributed by atoms with van der Waals surface area (Å²) in [5, 5.41) is 0. The van der Waals surface area contributed by atoms with E-state index in [1.54, 1.807) is 0 Å². The van der Waals surface area contributed by atoms with Crippen LogP contribution < -0.4 is 4.74 Å². The van der Waals surface area contributed by atoms with Crippen molar-refractivity contribution in [3.63, 3.8) is 0 Å². The number of halogens is 2. The highest BCUT2D eigenvalue weighted by Crippen LogP contribution is 2.28. The molecule has 1 aliphatic rings. The Labute approximate surface area is 107 Å². The van der Waals surface area contributed by atoms with Gasteiger partial charge in [0.2, 0.25) is 0 Å². The van der Waals surface area contributed by atoms with Crippen LogP contribution in [0.3, 0.4) is 0 Å².